The van der Waals surface area contributed by atoms with Gasteiger partial charge in [-0.2, -0.15) is 0 Å². The molecule has 1 heterocycles. The first-order valence-electron chi connectivity index (χ1n) is 18.0. The molecule has 1 aliphatic carbocycles. The van der Waals surface area contributed by atoms with Crippen LogP contribution in [-0.2, 0) is 5.41 Å². The van der Waals surface area contributed by atoms with E-state index < -0.39 is 0 Å². The molecule has 0 atom stereocenters. The Labute approximate surface area is 306 Å². The predicted octanol–water partition coefficient (Wildman–Crippen LogP) is 13.5. The largest absolute Gasteiger partial charge is 0.310 e. The van der Waals surface area contributed by atoms with E-state index in [1.807, 2.05) is 24.4 Å². The third-order valence-electron chi connectivity index (χ3n) is 10.6. The van der Waals surface area contributed by atoms with E-state index in [0.29, 0.717) is 0 Å². The van der Waals surface area contributed by atoms with Gasteiger partial charge in [0.25, 0.3) is 0 Å². The van der Waals surface area contributed by atoms with Crippen molar-refractivity contribution in [3.8, 4) is 55.8 Å². The maximum Gasteiger partial charge on any atom is 0.0702 e. The highest BCUT2D eigenvalue weighted by Crippen LogP contribution is 2.50. The number of hydrogen-bond acceptors (Lipinski definition) is 2. The fraction of sp³-hybridized carbons (Fsp3) is 0.0600. The van der Waals surface area contributed by atoms with Crippen molar-refractivity contribution in [2.45, 2.75) is 19.3 Å². The van der Waals surface area contributed by atoms with Crippen LogP contribution < -0.4 is 4.90 Å². The lowest BCUT2D eigenvalue weighted by atomic mass is 9.82. The van der Waals surface area contributed by atoms with Crippen molar-refractivity contribution in [2.75, 3.05) is 4.90 Å². The quantitative estimate of drug-likeness (QED) is 0.168. The SMILES string of the molecule is CC1(C)c2ccccc2-c2ccc(N(c3ccc(-c4ccc(-c5ccccc5)cc4)cc3)c3ccc(-c4ccc(-c5ccccc5)nc4)cc3)cc21. The fourth-order valence-electron chi connectivity index (χ4n) is 7.71. The molecule has 0 bridgehead atoms. The van der Waals surface area contributed by atoms with E-state index in [1.165, 1.54) is 44.5 Å². The van der Waals surface area contributed by atoms with Crippen LogP contribution in [0.5, 0.6) is 0 Å². The highest BCUT2D eigenvalue weighted by atomic mass is 15.1. The average Bonchev–Trinajstić information content (AvgIpc) is 3.45. The van der Waals surface area contributed by atoms with Crippen LogP contribution in [0.2, 0.25) is 0 Å². The van der Waals surface area contributed by atoms with Gasteiger partial charge in [-0.05, 0) is 92.5 Å². The van der Waals surface area contributed by atoms with E-state index >= 15 is 0 Å². The monoisotopic (exact) mass is 666 g/mol. The van der Waals surface area contributed by atoms with Crippen LogP contribution in [0.4, 0.5) is 17.1 Å². The minimum absolute atomic E-state index is 0.0911. The summed E-state index contributed by atoms with van der Waals surface area (Å²) in [7, 11) is 0. The molecule has 52 heavy (non-hydrogen) atoms. The van der Waals surface area contributed by atoms with Gasteiger partial charge in [0.2, 0.25) is 0 Å². The van der Waals surface area contributed by atoms with Crippen molar-refractivity contribution in [1.82, 2.24) is 4.98 Å². The second-order valence-corrected chi connectivity index (χ2v) is 14.1. The summed E-state index contributed by atoms with van der Waals surface area (Å²) < 4.78 is 0. The molecule has 0 N–H and O–H groups in total. The summed E-state index contributed by atoms with van der Waals surface area (Å²) in [6.45, 7) is 4.69. The maximum absolute atomic E-state index is 4.78. The molecular weight excluding hydrogens is 629 g/mol. The van der Waals surface area contributed by atoms with Crippen LogP contribution in [0.1, 0.15) is 25.0 Å². The van der Waals surface area contributed by atoms with Crippen molar-refractivity contribution in [1.29, 1.82) is 0 Å². The normalized spacial score (nSPS) is 12.6. The Balaban J connectivity index is 1.07. The second kappa shape index (κ2) is 13.0. The van der Waals surface area contributed by atoms with Crippen LogP contribution in [-0.4, -0.2) is 4.98 Å². The molecule has 9 rings (SSSR count). The van der Waals surface area contributed by atoms with E-state index in [-0.39, 0.29) is 5.41 Å². The van der Waals surface area contributed by atoms with Crippen LogP contribution in [0, 0.1) is 0 Å². The first-order chi connectivity index (χ1) is 25.5. The third-order valence-corrected chi connectivity index (χ3v) is 10.6. The molecule has 0 saturated heterocycles. The minimum Gasteiger partial charge on any atom is -0.310 e. The third kappa shape index (κ3) is 5.69. The van der Waals surface area contributed by atoms with E-state index in [2.05, 4.69) is 189 Å². The lowest BCUT2D eigenvalue weighted by molar-refractivity contribution is 0.660. The summed E-state index contributed by atoms with van der Waals surface area (Å²) >= 11 is 0. The number of benzene rings is 7. The molecule has 0 radical (unpaired) electrons. The highest BCUT2D eigenvalue weighted by molar-refractivity contribution is 5.86. The van der Waals surface area contributed by atoms with E-state index in [0.717, 1.165) is 39.4 Å². The highest BCUT2D eigenvalue weighted by Gasteiger charge is 2.35. The molecule has 2 heteroatoms. The van der Waals surface area contributed by atoms with Gasteiger partial charge < -0.3 is 4.90 Å². The number of aromatic nitrogens is 1. The molecule has 0 saturated carbocycles. The number of fused-ring (bicyclic) bond motifs is 3. The molecule has 2 nitrogen and oxygen atoms in total. The average molecular weight is 667 g/mol. The summed E-state index contributed by atoms with van der Waals surface area (Å²) in [6.07, 6.45) is 1.97. The molecule has 0 aliphatic heterocycles. The summed E-state index contributed by atoms with van der Waals surface area (Å²) in [5.74, 6) is 0. The number of nitrogens with zero attached hydrogens (tertiary/aromatic N) is 2. The Kier molecular flexibility index (Phi) is 7.86. The number of rotatable bonds is 7. The van der Waals surface area contributed by atoms with E-state index in [9.17, 15) is 0 Å². The van der Waals surface area contributed by atoms with Gasteiger partial charge in [-0.15, -0.1) is 0 Å². The van der Waals surface area contributed by atoms with Gasteiger partial charge in [0, 0.05) is 39.8 Å². The number of anilines is 3. The molecule has 7 aromatic carbocycles. The van der Waals surface area contributed by atoms with Gasteiger partial charge in [0.05, 0.1) is 5.69 Å². The van der Waals surface area contributed by atoms with Gasteiger partial charge in [0.1, 0.15) is 0 Å². The minimum atomic E-state index is -0.0911. The zero-order chi connectivity index (χ0) is 35.1. The molecule has 0 fully saturated rings. The Morgan fingerprint density at radius 1 is 0.365 bits per heavy atom. The van der Waals surface area contributed by atoms with Crippen molar-refractivity contribution in [2.24, 2.45) is 0 Å². The van der Waals surface area contributed by atoms with Gasteiger partial charge in [-0.25, -0.2) is 0 Å². The predicted molar refractivity (Wildman–Crippen MR) is 218 cm³/mol. The van der Waals surface area contributed by atoms with Crippen molar-refractivity contribution >= 4 is 17.1 Å². The van der Waals surface area contributed by atoms with Gasteiger partial charge in [-0.1, -0.05) is 159 Å². The Morgan fingerprint density at radius 2 is 0.808 bits per heavy atom. The summed E-state index contributed by atoms with van der Waals surface area (Å²) in [4.78, 5) is 7.16. The molecule has 8 aromatic rings. The van der Waals surface area contributed by atoms with Crippen LogP contribution in [0.25, 0.3) is 55.8 Å². The molecular formula is C50H38N2. The lowest BCUT2D eigenvalue weighted by Crippen LogP contribution is -2.16. The lowest BCUT2D eigenvalue weighted by Gasteiger charge is -2.28. The molecule has 1 aromatic heterocycles. The van der Waals surface area contributed by atoms with Crippen molar-refractivity contribution in [3.05, 3.63) is 205 Å². The second-order valence-electron chi connectivity index (χ2n) is 14.1. The van der Waals surface area contributed by atoms with Gasteiger partial charge in [-0.3, -0.25) is 4.98 Å². The zero-order valence-corrected chi connectivity index (χ0v) is 29.4. The van der Waals surface area contributed by atoms with E-state index in [1.54, 1.807) is 0 Å². The Morgan fingerprint density at radius 3 is 1.38 bits per heavy atom. The Hall–Kier alpha value is -6.51. The van der Waals surface area contributed by atoms with Crippen LogP contribution in [0.3, 0.4) is 0 Å². The first kappa shape index (κ1) is 31.5. The topological polar surface area (TPSA) is 16.1 Å². The number of pyridine rings is 1. The van der Waals surface area contributed by atoms with Crippen molar-refractivity contribution < 1.29 is 0 Å². The molecule has 248 valence electrons. The summed E-state index contributed by atoms with van der Waals surface area (Å²) in [5.41, 5.74) is 17.8. The molecule has 0 unspecified atom stereocenters. The van der Waals surface area contributed by atoms with Gasteiger partial charge in [0.15, 0.2) is 0 Å². The summed E-state index contributed by atoms with van der Waals surface area (Å²) in [6, 6.07) is 67.6. The maximum atomic E-state index is 4.78. The smallest absolute Gasteiger partial charge is 0.0702 e. The molecule has 0 spiro atoms. The van der Waals surface area contributed by atoms with Crippen LogP contribution >= 0.6 is 0 Å². The van der Waals surface area contributed by atoms with E-state index in [4.69, 9.17) is 4.98 Å². The standard InChI is InChI=1S/C50H38N2/c1-50(2)47-16-10-9-15-45(47)46-31-30-44(33-48(46)50)52(42-26-21-38(22-27-42)37-19-17-36(18-20-37)35-11-5-3-6-12-35)43-28-23-39(24-29-43)41-25-32-49(51-34-41)40-13-7-4-8-14-40/h3-34H,1-2H3. The van der Waals surface area contributed by atoms with Crippen LogP contribution in [0.15, 0.2) is 194 Å². The van der Waals surface area contributed by atoms with Crippen molar-refractivity contribution in [3.63, 3.8) is 0 Å². The van der Waals surface area contributed by atoms with Gasteiger partial charge >= 0.3 is 0 Å². The molecule has 0 amide bonds. The number of hydrogen-bond donors (Lipinski definition) is 0. The summed E-state index contributed by atoms with van der Waals surface area (Å²) in [5, 5.41) is 0. The molecule has 1 aliphatic rings. The fourth-order valence-corrected chi connectivity index (χ4v) is 7.71. The Bertz CT molecular complexity index is 2350. The zero-order valence-electron chi connectivity index (χ0n) is 29.4. The first-order valence-corrected chi connectivity index (χ1v) is 18.0.